The summed E-state index contributed by atoms with van der Waals surface area (Å²) < 4.78 is 11.2. The maximum absolute atomic E-state index is 13.5. The van der Waals surface area contributed by atoms with E-state index in [0.717, 1.165) is 22.3 Å². The van der Waals surface area contributed by atoms with Gasteiger partial charge >= 0.3 is 0 Å². The van der Waals surface area contributed by atoms with E-state index in [2.05, 4.69) is 0 Å². The number of hydrogen-bond donors (Lipinski definition) is 2. The molecule has 1 saturated heterocycles. The van der Waals surface area contributed by atoms with Crippen molar-refractivity contribution in [2.75, 3.05) is 13.2 Å². The van der Waals surface area contributed by atoms with E-state index in [4.69, 9.17) is 9.47 Å². The Balaban J connectivity index is 1.89. The Bertz CT molecular complexity index is 1420. The van der Waals surface area contributed by atoms with Crippen LogP contribution in [0.5, 0.6) is 17.2 Å². The number of ether oxygens (including phenoxy) is 2. The van der Waals surface area contributed by atoms with Crippen molar-refractivity contribution >= 4 is 17.4 Å². The molecule has 7 nitrogen and oxygen atoms in total. The molecule has 0 radical (unpaired) electrons. The van der Waals surface area contributed by atoms with Crippen LogP contribution < -0.4 is 9.47 Å². The van der Waals surface area contributed by atoms with Gasteiger partial charge in [0, 0.05) is 12.1 Å². The van der Waals surface area contributed by atoms with Crippen LogP contribution in [0.15, 0.2) is 60.2 Å². The van der Waals surface area contributed by atoms with Gasteiger partial charge in [-0.25, -0.2) is 0 Å². The number of ketones is 1. The molecule has 1 atom stereocenters. The molecule has 1 amide bonds. The second-order valence-corrected chi connectivity index (χ2v) is 9.43. The third-order valence-electron chi connectivity index (χ3n) is 6.73. The molecule has 4 rings (SSSR count). The number of likely N-dealkylation sites (tertiary alicyclic amines) is 1. The second-order valence-electron chi connectivity index (χ2n) is 9.43. The van der Waals surface area contributed by atoms with Gasteiger partial charge in [-0.15, -0.1) is 0 Å². The second kappa shape index (κ2) is 11.0. The summed E-state index contributed by atoms with van der Waals surface area (Å²) in [6, 6.07) is 14.9. The molecule has 0 aliphatic carbocycles. The molecule has 1 aliphatic rings. The molecule has 0 bridgehead atoms. The molecule has 1 fully saturated rings. The summed E-state index contributed by atoms with van der Waals surface area (Å²) in [6.45, 7) is 10.5. The topological polar surface area (TPSA) is 96.3 Å². The molecule has 38 heavy (non-hydrogen) atoms. The summed E-state index contributed by atoms with van der Waals surface area (Å²) in [7, 11) is 0. The van der Waals surface area contributed by atoms with Crippen molar-refractivity contribution in [2.24, 2.45) is 0 Å². The van der Waals surface area contributed by atoms with Crippen LogP contribution in [-0.2, 0) is 16.1 Å². The van der Waals surface area contributed by atoms with Crippen molar-refractivity contribution in [1.82, 2.24) is 4.90 Å². The molecule has 0 aromatic heterocycles. The third kappa shape index (κ3) is 5.09. The zero-order chi connectivity index (χ0) is 27.6. The Morgan fingerprint density at radius 3 is 2.26 bits per heavy atom. The maximum atomic E-state index is 13.5. The highest BCUT2D eigenvalue weighted by molar-refractivity contribution is 6.46. The molecule has 0 spiro atoms. The minimum absolute atomic E-state index is 0.0167. The van der Waals surface area contributed by atoms with Gasteiger partial charge in [-0.05, 0) is 87.2 Å². The molecule has 1 aliphatic heterocycles. The number of phenolic OH excluding ortho intramolecular Hbond substituents is 1. The summed E-state index contributed by atoms with van der Waals surface area (Å²) in [5.74, 6) is -0.880. The predicted octanol–water partition coefficient (Wildman–Crippen LogP) is 5.74. The first kappa shape index (κ1) is 26.8. The molecule has 0 saturated carbocycles. The van der Waals surface area contributed by atoms with Crippen LogP contribution in [0.3, 0.4) is 0 Å². The normalized spacial score (nSPS) is 16.7. The van der Waals surface area contributed by atoms with Gasteiger partial charge in [0.15, 0.2) is 11.5 Å². The monoisotopic (exact) mass is 515 g/mol. The van der Waals surface area contributed by atoms with E-state index >= 15 is 0 Å². The van der Waals surface area contributed by atoms with Crippen molar-refractivity contribution in [3.8, 4) is 17.2 Å². The summed E-state index contributed by atoms with van der Waals surface area (Å²) >= 11 is 0. The van der Waals surface area contributed by atoms with Crippen molar-refractivity contribution in [2.45, 2.75) is 47.2 Å². The van der Waals surface area contributed by atoms with E-state index in [9.17, 15) is 19.8 Å². The lowest BCUT2D eigenvalue weighted by atomic mass is 9.94. The van der Waals surface area contributed by atoms with Crippen LogP contribution in [0.1, 0.15) is 53.3 Å². The van der Waals surface area contributed by atoms with Gasteiger partial charge in [-0.2, -0.15) is 0 Å². The number of Topliss-reactive ketones (excluding diaryl/α,β-unsaturated/α-hetero) is 1. The van der Waals surface area contributed by atoms with Gasteiger partial charge in [0.25, 0.3) is 11.7 Å². The minimum Gasteiger partial charge on any atom is -0.507 e. The van der Waals surface area contributed by atoms with E-state index in [-0.39, 0.29) is 29.4 Å². The standard InChI is InChI=1S/C31H33NO6/c1-6-37-25-13-11-22(15-20(25)5)29(34)27-28(21-10-12-24(33)26(16-21)38-7-2)32(31(36)30(27)35)17-23-14-18(3)8-9-19(23)4/h8-16,28,33-34H,6-7,17H2,1-5H3/b29-27-. The molecule has 198 valence electrons. The Morgan fingerprint density at radius 1 is 0.868 bits per heavy atom. The third-order valence-corrected chi connectivity index (χ3v) is 6.73. The number of phenols is 1. The fourth-order valence-electron chi connectivity index (χ4n) is 4.79. The average molecular weight is 516 g/mol. The smallest absolute Gasteiger partial charge is 0.295 e. The van der Waals surface area contributed by atoms with E-state index in [1.165, 1.54) is 11.0 Å². The highest BCUT2D eigenvalue weighted by atomic mass is 16.5. The largest absolute Gasteiger partial charge is 0.507 e. The highest BCUT2D eigenvalue weighted by Crippen LogP contribution is 2.43. The van der Waals surface area contributed by atoms with Crippen molar-refractivity contribution < 1.29 is 29.3 Å². The van der Waals surface area contributed by atoms with Gasteiger partial charge in [0.2, 0.25) is 0 Å². The number of aliphatic hydroxyl groups is 1. The quantitative estimate of drug-likeness (QED) is 0.226. The van der Waals surface area contributed by atoms with Crippen LogP contribution in [-0.4, -0.2) is 40.0 Å². The number of aliphatic hydroxyl groups excluding tert-OH is 1. The van der Waals surface area contributed by atoms with E-state index in [0.29, 0.717) is 30.1 Å². The SMILES string of the molecule is CCOc1ccc(/C(O)=C2/C(=O)C(=O)N(Cc3cc(C)ccc3C)C2c2ccc(O)c(OCC)c2)cc1C. The van der Waals surface area contributed by atoms with Crippen molar-refractivity contribution in [3.05, 3.63) is 93.6 Å². The number of carbonyl (C=O) groups excluding carboxylic acids is 2. The van der Waals surface area contributed by atoms with Gasteiger partial charge in [-0.1, -0.05) is 29.8 Å². The molecule has 7 heteroatoms. The first-order valence-electron chi connectivity index (χ1n) is 12.7. The average Bonchev–Trinajstić information content (AvgIpc) is 3.13. The molecule has 3 aromatic rings. The number of aromatic hydroxyl groups is 1. The maximum Gasteiger partial charge on any atom is 0.295 e. The van der Waals surface area contributed by atoms with E-state index < -0.39 is 17.7 Å². The Kier molecular flexibility index (Phi) is 7.76. The van der Waals surface area contributed by atoms with Crippen LogP contribution in [0.2, 0.25) is 0 Å². The van der Waals surface area contributed by atoms with E-state index in [1.807, 2.05) is 45.9 Å². The van der Waals surface area contributed by atoms with E-state index in [1.54, 1.807) is 37.3 Å². The Hall–Kier alpha value is -4.26. The number of aryl methyl sites for hydroxylation is 3. The Labute approximate surface area is 222 Å². The zero-order valence-corrected chi connectivity index (χ0v) is 22.4. The van der Waals surface area contributed by atoms with Crippen molar-refractivity contribution in [1.29, 1.82) is 0 Å². The number of carbonyl (C=O) groups is 2. The fourth-order valence-corrected chi connectivity index (χ4v) is 4.79. The number of nitrogens with zero attached hydrogens (tertiary/aromatic N) is 1. The molecule has 3 aromatic carbocycles. The molecular weight excluding hydrogens is 482 g/mol. The van der Waals surface area contributed by atoms with Crippen LogP contribution in [0.4, 0.5) is 0 Å². The summed E-state index contributed by atoms with van der Waals surface area (Å²) in [5.41, 5.74) is 4.64. The highest BCUT2D eigenvalue weighted by Gasteiger charge is 2.46. The van der Waals surface area contributed by atoms with Gasteiger partial charge in [0.1, 0.15) is 11.5 Å². The number of hydrogen-bond acceptors (Lipinski definition) is 6. The molecule has 1 unspecified atom stereocenters. The summed E-state index contributed by atoms with van der Waals surface area (Å²) in [4.78, 5) is 28.4. The first-order valence-corrected chi connectivity index (χ1v) is 12.7. The summed E-state index contributed by atoms with van der Waals surface area (Å²) in [6.07, 6.45) is 0. The predicted molar refractivity (Wildman–Crippen MR) is 145 cm³/mol. The van der Waals surface area contributed by atoms with Crippen LogP contribution >= 0.6 is 0 Å². The van der Waals surface area contributed by atoms with Gasteiger partial charge < -0.3 is 24.6 Å². The molecular formula is C31H33NO6. The van der Waals surface area contributed by atoms with Crippen LogP contribution in [0.25, 0.3) is 5.76 Å². The number of benzene rings is 3. The lowest BCUT2D eigenvalue weighted by Gasteiger charge is -2.26. The molecule has 1 heterocycles. The lowest BCUT2D eigenvalue weighted by molar-refractivity contribution is -0.140. The minimum atomic E-state index is -0.887. The van der Waals surface area contributed by atoms with Gasteiger partial charge in [-0.3, -0.25) is 9.59 Å². The zero-order valence-electron chi connectivity index (χ0n) is 22.4. The van der Waals surface area contributed by atoms with Crippen molar-refractivity contribution in [3.63, 3.8) is 0 Å². The lowest BCUT2D eigenvalue weighted by Crippen LogP contribution is -2.29. The number of amides is 1. The first-order chi connectivity index (χ1) is 18.2. The molecule has 2 N–H and O–H groups in total. The summed E-state index contributed by atoms with van der Waals surface area (Å²) in [5, 5.41) is 21.7. The Morgan fingerprint density at radius 2 is 1.58 bits per heavy atom. The number of rotatable bonds is 8. The fraction of sp³-hybridized carbons (Fsp3) is 0.290. The van der Waals surface area contributed by atoms with Crippen LogP contribution in [0, 0.1) is 20.8 Å². The van der Waals surface area contributed by atoms with Gasteiger partial charge in [0.05, 0.1) is 24.8 Å².